The molecule has 0 bridgehead atoms. The fraction of sp³-hybridized carbons (Fsp3) is 0.364. The Morgan fingerprint density at radius 1 is 1.53 bits per heavy atom. The van der Waals surface area contributed by atoms with Crippen LogP contribution in [0.2, 0.25) is 0 Å². The van der Waals surface area contributed by atoms with Crippen LogP contribution in [0.25, 0.3) is 0 Å². The third kappa shape index (κ3) is 2.73. The van der Waals surface area contributed by atoms with E-state index in [1.807, 2.05) is 25.3 Å². The highest BCUT2D eigenvalue weighted by Gasteiger charge is 2.20. The van der Waals surface area contributed by atoms with Gasteiger partial charge in [-0.2, -0.15) is 0 Å². The van der Waals surface area contributed by atoms with Gasteiger partial charge in [0, 0.05) is 10.5 Å². The van der Waals surface area contributed by atoms with E-state index in [4.69, 9.17) is 0 Å². The van der Waals surface area contributed by atoms with Crippen molar-refractivity contribution in [3.63, 3.8) is 0 Å². The second-order valence-corrected chi connectivity index (χ2v) is 4.02. The molecular formula is C11H14O3S. The van der Waals surface area contributed by atoms with Crippen molar-refractivity contribution in [1.82, 2.24) is 0 Å². The smallest absolute Gasteiger partial charge is 0.339 e. The highest BCUT2D eigenvalue weighted by molar-refractivity contribution is 7.98. The topological polar surface area (TPSA) is 46.5 Å². The maximum atomic E-state index is 11.2. The van der Waals surface area contributed by atoms with Crippen LogP contribution in [0.1, 0.15) is 17.2 Å². The number of rotatable bonds is 3. The monoisotopic (exact) mass is 226 g/mol. The molecule has 0 amide bonds. The molecule has 1 rings (SSSR count). The molecule has 0 saturated heterocycles. The van der Waals surface area contributed by atoms with Gasteiger partial charge in [0.2, 0.25) is 0 Å². The van der Waals surface area contributed by atoms with E-state index in [0.29, 0.717) is 5.56 Å². The number of carbonyl (C=O) groups excluding carboxylic acids is 1. The summed E-state index contributed by atoms with van der Waals surface area (Å²) in [5.74, 6) is -0.630. The molecule has 1 atom stereocenters. The first-order valence-electron chi connectivity index (χ1n) is 4.50. The zero-order valence-corrected chi connectivity index (χ0v) is 9.80. The number of ether oxygens (including phenoxy) is 1. The molecule has 0 aromatic heterocycles. The molecule has 0 aliphatic heterocycles. The first-order chi connectivity index (χ1) is 7.10. The van der Waals surface area contributed by atoms with Crippen molar-refractivity contribution in [2.45, 2.75) is 17.9 Å². The molecule has 1 unspecified atom stereocenters. The Kier molecular flexibility index (Phi) is 4.17. The van der Waals surface area contributed by atoms with Crippen molar-refractivity contribution < 1.29 is 14.6 Å². The van der Waals surface area contributed by atoms with Crippen molar-refractivity contribution in [1.29, 1.82) is 0 Å². The minimum absolute atomic E-state index is 0.597. The van der Waals surface area contributed by atoms with Crippen molar-refractivity contribution in [2.24, 2.45) is 0 Å². The minimum atomic E-state index is -1.20. The van der Waals surface area contributed by atoms with Gasteiger partial charge in [-0.05, 0) is 24.8 Å². The number of hydrogen-bond donors (Lipinski definition) is 1. The van der Waals surface area contributed by atoms with Crippen molar-refractivity contribution in [3.05, 3.63) is 29.3 Å². The number of aliphatic hydroxyl groups is 1. The highest BCUT2D eigenvalue weighted by atomic mass is 32.2. The van der Waals surface area contributed by atoms with Gasteiger partial charge in [0.25, 0.3) is 0 Å². The van der Waals surface area contributed by atoms with Gasteiger partial charge in [-0.1, -0.05) is 12.1 Å². The minimum Gasteiger partial charge on any atom is -0.467 e. The zero-order chi connectivity index (χ0) is 11.4. The summed E-state index contributed by atoms with van der Waals surface area (Å²) in [4.78, 5) is 12.1. The third-order valence-corrected chi connectivity index (χ3v) is 2.90. The first kappa shape index (κ1) is 12.1. The Labute approximate surface area is 93.4 Å². The molecule has 82 valence electrons. The van der Waals surface area contributed by atoms with Crippen LogP contribution in [-0.2, 0) is 9.53 Å². The molecule has 0 spiro atoms. The molecule has 1 aromatic rings. The molecule has 1 N–H and O–H groups in total. The highest BCUT2D eigenvalue weighted by Crippen LogP contribution is 2.27. The van der Waals surface area contributed by atoms with E-state index in [1.165, 1.54) is 18.9 Å². The third-order valence-electron chi connectivity index (χ3n) is 2.11. The molecule has 0 radical (unpaired) electrons. The second-order valence-electron chi connectivity index (χ2n) is 3.17. The van der Waals surface area contributed by atoms with Crippen LogP contribution in [0.5, 0.6) is 0 Å². The summed E-state index contributed by atoms with van der Waals surface area (Å²) >= 11 is 1.50. The lowest BCUT2D eigenvalue weighted by Crippen LogP contribution is -2.14. The molecule has 3 nitrogen and oxygen atoms in total. The number of hydrogen-bond acceptors (Lipinski definition) is 4. The van der Waals surface area contributed by atoms with E-state index in [1.54, 1.807) is 6.07 Å². The zero-order valence-electron chi connectivity index (χ0n) is 8.98. The molecule has 4 heteroatoms. The summed E-state index contributed by atoms with van der Waals surface area (Å²) in [5, 5.41) is 9.70. The summed E-state index contributed by atoms with van der Waals surface area (Å²) in [5.41, 5.74) is 1.69. The van der Waals surface area contributed by atoms with Gasteiger partial charge in [-0.15, -0.1) is 11.8 Å². The first-order valence-corrected chi connectivity index (χ1v) is 5.73. The average molecular weight is 226 g/mol. The summed E-state index contributed by atoms with van der Waals surface area (Å²) in [6, 6.07) is 5.55. The molecular weight excluding hydrogens is 212 g/mol. The average Bonchev–Trinajstić information content (AvgIpc) is 2.26. The molecule has 0 aliphatic carbocycles. The largest absolute Gasteiger partial charge is 0.467 e. The summed E-state index contributed by atoms with van der Waals surface area (Å²) in [6.07, 6.45) is 0.709. The van der Waals surface area contributed by atoms with Crippen LogP contribution in [0.4, 0.5) is 0 Å². The van der Waals surface area contributed by atoms with Crippen LogP contribution < -0.4 is 0 Å². The maximum absolute atomic E-state index is 11.2. The maximum Gasteiger partial charge on any atom is 0.339 e. The lowest BCUT2D eigenvalue weighted by Gasteiger charge is -2.12. The summed E-state index contributed by atoms with van der Waals surface area (Å²) in [6.45, 7) is 1.97. The van der Waals surface area contributed by atoms with Gasteiger partial charge in [0.15, 0.2) is 6.10 Å². The van der Waals surface area contributed by atoms with Crippen LogP contribution in [0.15, 0.2) is 23.1 Å². The number of aliphatic hydroxyl groups excluding tert-OH is 1. The number of methoxy groups -OCH3 is 1. The van der Waals surface area contributed by atoms with Crippen LogP contribution >= 0.6 is 11.8 Å². The fourth-order valence-corrected chi connectivity index (χ4v) is 2.00. The quantitative estimate of drug-likeness (QED) is 0.632. The van der Waals surface area contributed by atoms with Crippen LogP contribution in [0, 0.1) is 6.92 Å². The fourth-order valence-electron chi connectivity index (χ4n) is 1.28. The molecule has 15 heavy (non-hydrogen) atoms. The van der Waals surface area contributed by atoms with Gasteiger partial charge >= 0.3 is 5.97 Å². The standard InChI is InChI=1S/C11H14O3S/c1-7-4-5-8(9(6-7)15-3)10(12)11(13)14-2/h4-6,10,12H,1-3H3. The van der Waals surface area contributed by atoms with Gasteiger partial charge in [-0.3, -0.25) is 0 Å². The van der Waals surface area contributed by atoms with Gasteiger partial charge in [0.1, 0.15) is 0 Å². The van der Waals surface area contributed by atoms with E-state index in [2.05, 4.69) is 4.74 Å². The van der Waals surface area contributed by atoms with Crippen LogP contribution in [0.3, 0.4) is 0 Å². The van der Waals surface area contributed by atoms with E-state index >= 15 is 0 Å². The van der Waals surface area contributed by atoms with E-state index < -0.39 is 12.1 Å². The van der Waals surface area contributed by atoms with E-state index in [-0.39, 0.29) is 0 Å². The SMILES string of the molecule is COC(=O)C(O)c1ccc(C)cc1SC. The Bertz CT molecular complexity index is 363. The second kappa shape index (κ2) is 5.19. The lowest BCUT2D eigenvalue weighted by molar-refractivity contribution is -0.150. The predicted molar refractivity (Wildman–Crippen MR) is 59.9 cm³/mol. The number of benzene rings is 1. The molecule has 1 aromatic carbocycles. The normalized spacial score (nSPS) is 12.3. The number of aryl methyl sites for hydroxylation is 1. The van der Waals surface area contributed by atoms with Crippen molar-refractivity contribution >= 4 is 17.7 Å². The number of thioether (sulfide) groups is 1. The Morgan fingerprint density at radius 2 is 2.20 bits per heavy atom. The molecule has 0 heterocycles. The molecule has 0 fully saturated rings. The Balaban J connectivity index is 3.07. The van der Waals surface area contributed by atoms with Gasteiger partial charge in [-0.25, -0.2) is 4.79 Å². The van der Waals surface area contributed by atoms with Crippen molar-refractivity contribution in [3.8, 4) is 0 Å². The molecule has 0 saturated carbocycles. The lowest BCUT2D eigenvalue weighted by atomic mass is 10.1. The van der Waals surface area contributed by atoms with Gasteiger partial charge < -0.3 is 9.84 Å². The van der Waals surface area contributed by atoms with Crippen molar-refractivity contribution in [2.75, 3.05) is 13.4 Å². The number of carbonyl (C=O) groups is 1. The Hall–Kier alpha value is -1.00. The predicted octanol–water partition coefficient (Wildman–Crippen LogP) is 1.92. The van der Waals surface area contributed by atoms with E-state index in [9.17, 15) is 9.90 Å². The summed E-state index contributed by atoms with van der Waals surface area (Å²) < 4.78 is 4.50. The summed E-state index contributed by atoms with van der Waals surface area (Å²) in [7, 11) is 1.26. The van der Waals surface area contributed by atoms with Crippen LogP contribution in [-0.4, -0.2) is 24.4 Å². The Morgan fingerprint density at radius 3 is 2.73 bits per heavy atom. The van der Waals surface area contributed by atoms with Gasteiger partial charge in [0.05, 0.1) is 7.11 Å². The van der Waals surface area contributed by atoms with E-state index in [0.717, 1.165) is 10.5 Å². The number of esters is 1. The molecule has 0 aliphatic rings.